The predicted octanol–water partition coefficient (Wildman–Crippen LogP) is 0.114. The van der Waals surface area contributed by atoms with Crippen molar-refractivity contribution in [1.29, 1.82) is 0 Å². The zero-order chi connectivity index (χ0) is 9.47. The fraction of sp³-hybridized carbons (Fsp3) is 1.00. The average molecular weight is 183 g/mol. The number of nitrogens with two attached hydrogens (primary N) is 1. The summed E-state index contributed by atoms with van der Waals surface area (Å²) in [6.07, 6.45) is 4.00. The standard InChI is InChI=1S/C10H21N3/c1-12-6-5-10(7-11,8-12)13(2)9-3-4-9/h9H,3-8,11H2,1-2H3. The van der Waals surface area contributed by atoms with Crippen LogP contribution >= 0.6 is 0 Å². The third-order valence-corrected chi connectivity index (χ3v) is 3.75. The maximum absolute atomic E-state index is 5.93. The topological polar surface area (TPSA) is 32.5 Å². The Labute approximate surface area is 80.9 Å². The van der Waals surface area contributed by atoms with Crippen LogP contribution in [-0.2, 0) is 0 Å². The van der Waals surface area contributed by atoms with Gasteiger partial charge >= 0.3 is 0 Å². The van der Waals surface area contributed by atoms with E-state index in [9.17, 15) is 0 Å². The first kappa shape index (κ1) is 9.44. The predicted molar refractivity (Wildman–Crippen MR) is 54.7 cm³/mol. The van der Waals surface area contributed by atoms with Crippen LogP contribution in [0.15, 0.2) is 0 Å². The molecule has 1 saturated carbocycles. The lowest BCUT2D eigenvalue weighted by atomic mass is 9.96. The van der Waals surface area contributed by atoms with Crippen LogP contribution in [0.1, 0.15) is 19.3 Å². The molecule has 1 unspecified atom stereocenters. The fourth-order valence-corrected chi connectivity index (χ4v) is 2.51. The lowest BCUT2D eigenvalue weighted by Gasteiger charge is -2.38. The zero-order valence-corrected chi connectivity index (χ0v) is 8.79. The molecule has 0 aromatic heterocycles. The van der Waals surface area contributed by atoms with Crippen LogP contribution in [0.25, 0.3) is 0 Å². The van der Waals surface area contributed by atoms with E-state index in [2.05, 4.69) is 23.9 Å². The van der Waals surface area contributed by atoms with Gasteiger partial charge in [0.1, 0.15) is 0 Å². The van der Waals surface area contributed by atoms with Gasteiger partial charge in [-0.1, -0.05) is 0 Å². The van der Waals surface area contributed by atoms with Crippen molar-refractivity contribution in [2.24, 2.45) is 5.73 Å². The molecular formula is C10H21N3. The molecule has 2 fully saturated rings. The maximum Gasteiger partial charge on any atom is 0.0470 e. The summed E-state index contributed by atoms with van der Waals surface area (Å²) in [6.45, 7) is 3.16. The summed E-state index contributed by atoms with van der Waals surface area (Å²) in [7, 11) is 4.45. The Morgan fingerprint density at radius 2 is 2.23 bits per heavy atom. The van der Waals surface area contributed by atoms with Crippen LogP contribution < -0.4 is 5.73 Å². The summed E-state index contributed by atoms with van der Waals surface area (Å²) < 4.78 is 0. The fourth-order valence-electron chi connectivity index (χ4n) is 2.51. The Morgan fingerprint density at radius 1 is 1.54 bits per heavy atom. The lowest BCUT2D eigenvalue weighted by Crippen LogP contribution is -2.54. The van der Waals surface area contributed by atoms with Crippen molar-refractivity contribution >= 4 is 0 Å². The summed E-state index contributed by atoms with van der Waals surface area (Å²) in [5.41, 5.74) is 6.22. The summed E-state index contributed by atoms with van der Waals surface area (Å²) in [5.74, 6) is 0. The largest absolute Gasteiger partial charge is 0.329 e. The molecule has 0 aromatic rings. The van der Waals surface area contributed by atoms with E-state index < -0.39 is 0 Å². The quantitative estimate of drug-likeness (QED) is 0.674. The molecule has 1 aliphatic carbocycles. The van der Waals surface area contributed by atoms with Gasteiger partial charge in [-0.3, -0.25) is 4.90 Å². The smallest absolute Gasteiger partial charge is 0.0470 e. The molecule has 0 bridgehead atoms. The highest BCUT2D eigenvalue weighted by Crippen LogP contribution is 2.35. The van der Waals surface area contributed by atoms with Crippen LogP contribution in [0.5, 0.6) is 0 Å². The van der Waals surface area contributed by atoms with E-state index in [1.165, 1.54) is 25.8 Å². The van der Waals surface area contributed by atoms with Gasteiger partial charge in [0, 0.05) is 24.7 Å². The lowest BCUT2D eigenvalue weighted by molar-refractivity contribution is 0.125. The highest BCUT2D eigenvalue weighted by molar-refractivity contribution is 5.02. The van der Waals surface area contributed by atoms with Gasteiger partial charge in [-0.2, -0.15) is 0 Å². The molecule has 1 heterocycles. The minimum Gasteiger partial charge on any atom is -0.329 e. The van der Waals surface area contributed by atoms with E-state index in [0.29, 0.717) is 0 Å². The zero-order valence-electron chi connectivity index (χ0n) is 8.79. The normalized spacial score (nSPS) is 36.0. The van der Waals surface area contributed by atoms with Crippen LogP contribution in [0.2, 0.25) is 0 Å². The highest BCUT2D eigenvalue weighted by Gasteiger charge is 2.44. The van der Waals surface area contributed by atoms with Crippen molar-refractivity contribution in [3.63, 3.8) is 0 Å². The van der Waals surface area contributed by atoms with Gasteiger partial charge in [-0.25, -0.2) is 0 Å². The molecule has 0 radical (unpaired) electrons. The Bertz CT molecular complexity index is 191. The van der Waals surface area contributed by atoms with E-state index >= 15 is 0 Å². The Hall–Kier alpha value is -0.120. The molecule has 0 spiro atoms. The molecule has 2 N–H and O–H groups in total. The SMILES string of the molecule is CN1CCC(CN)(N(C)C2CC2)C1. The Morgan fingerprint density at radius 3 is 2.62 bits per heavy atom. The van der Waals surface area contributed by atoms with Crippen molar-refractivity contribution < 1.29 is 0 Å². The van der Waals surface area contributed by atoms with Gasteiger partial charge in [0.05, 0.1) is 0 Å². The summed E-state index contributed by atoms with van der Waals surface area (Å²) in [6, 6.07) is 0.829. The molecule has 1 atom stereocenters. The van der Waals surface area contributed by atoms with Crippen molar-refractivity contribution in [3.8, 4) is 0 Å². The Kier molecular flexibility index (Phi) is 2.34. The summed E-state index contributed by atoms with van der Waals surface area (Å²) in [4.78, 5) is 4.93. The third-order valence-electron chi connectivity index (χ3n) is 3.75. The van der Waals surface area contributed by atoms with Crippen molar-refractivity contribution in [2.75, 3.05) is 33.7 Å². The van der Waals surface area contributed by atoms with Crippen LogP contribution in [0.3, 0.4) is 0 Å². The number of likely N-dealkylation sites (N-methyl/N-ethyl adjacent to an activating group) is 2. The van der Waals surface area contributed by atoms with Gasteiger partial charge in [0.15, 0.2) is 0 Å². The second kappa shape index (κ2) is 3.23. The van der Waals surface area contributed by atoms with Crippen molar-refractivity contribution in [1.82, 2.24) is 9.80 Å². The van der Waals surface area contributed by atoms with E-state index in [0.717, 1.165) is 19.1 Å². The number of hydrogen-bond donors (Lipinski definition) is 1. The van der Waals surface area contributed by atoms with E-state index in [-0.39, 0.29) is 5.54 Å². The molecule has 0 amide bonds. The minimum atomic E-state index is 0.288. The maximum atomic E-state index is 5.93. The monoisotopic (exact) mass is 183 g/mol. The molecule has 0 aromatic carbocycles. The first-order valence-corrected chi connectivity index (χ1v) is 5.29. The number of hydrogen-bond acceptors (Lipinski definition) is 3. The van der Waals surface area contributed by atoms with Gasteiger partial charge < -0.3 is 10.6 Å². The molecule has 3 heteroatoms. The first-order chi connectivity index (χ1) is 6.18. The molecule has 13 heavy (non-hydrogen) atoms. The Balaban J connectivity index is 2.05. The van der Waals surface area contributed by atoms with E-state index in [4.69, 9.17) is 5.73 Å². The average Bonchev–Trinajstić information content (AvgIpc) is 2.89. The highest BCUT2D eigenvalue weighted by atomic mass is 15.3. The van der Waals surface area contributed by atoms with E-state index in [1.807, 2.05) is 0 Å². The number of rotatable bonds is 3. The van der Waals surface area contributed by atoms with Crippen LogP contribution in [-0.4, -0.2) is 55.1 Å². The van der Waals surface area contributed by atoms with Crippen LogP contribution in [0.4, 0.5) is 0 Å². The van der Waals surface area contributed by atoms with Gasteiger partial charge in [0.25, 0.3) is 0 Å². The molecule has 76 valence electrons. The molecule has 1 saturated heterocycles. The summed E-state index contributed by atoms with van der Waals surface area (Å²) in [5, 5.41) is 0. The van der Waals surface area contributed by atoms with Crippen molar-refractivity contribution in [2.45, 2.75) is 30.8 Å². The second-order valence-electron chi connectivity index (χ2n) is 4.76. The van der Waals surface area contributed by atoms with Gasteiger partial charge in [0.2, 0.25) is 0 Å². The van der Waals surface area contributed by atoms with E-state index in [1.54, 1.807) is 0 Å². The molecule has 2 aliphatic rings. The third kappa shape index (κ3) is 1.60. The van der Waals surface area contributed by atoms with Crippen molar-refractivity contribution in [3.05, 3.63) is 0 Å². The number of nitrogens with zero attached hydrogens (tertiary/aromatic N) is 2. The molecular weight excluding hydrogens is 162 g/mol. The van der Waals surface area contributed by atoms with Gasteiger partial charge in [-0.05, 0) is 39.9 Å². The molecule has 1 aliphatic heterocycles. The first-order valence-electron chi connectivity index (χ1n) is 5.29. The minimum absolute atomic E-state index is 0.288. The molecule has 3 nitrogen and oxygen atoms in total. The summed E-state index contributed by atoms with van der Waals surface area (Å²) >= 11 is 0. The van der Waals surface area contributed by atoms with Crippen LogP contribution in [0, 0.1) is 0 Å². The number of likely N-dealkylation sites (tertiary alicyclic amines) is 1. The van der Waals surface area contributed by atoms with Gasteiger partial charge in [-0.15, -0.1) is 0 Å². The molecule has 2 rings (SSSR count). The second-order valence-corrected chi connectivity index (χ2v) is 4.76.